The van der Waals surface area contributed by atoms with Crippen molar-refractivity contribution in [1.82, 2.24) is 0 Å². The molecule has 1 aliphatic rings. The zero-order valence-electron chi connectivity index (χ0n) is 10.0. The van der Waals surface area contributed by atoms with Crippen molar-refractivity contribution in [2.75, 3.05) is 24.6 Å². The Kier molecular flexibility index (Phi) is 3.83. The van der Waals surface area contributed by atoms with Gasteiger partial charge in [-0.05, 0) is 36.8 Å². The molecule has 0 radical (unpaired) electrons. The highest BCUT2D eigenvalue weighted by Gasteiger charge is 2.17. The van der Waals surface area contributed by atoms with E-state index in [0.29, 0.717) is 12.5 Å². The van der Waals surface area contributed by atoms with Crippen molar-refractivity contribution < 1.29 is 5.11 Å². The van der Waals surface area contributed by atoms with Crippen molar-refractivity contribution in [3.63, 3.8) is 0 Å². The number of aryl methyl sites for hydroxylation is 1. The maximum absolute atomic E-state index is 8.94. The molecule has 2 rings (SSSR count). The monoisotopic (exact) mass is 219 g/mol. The van der Waals surface area contributed by atoms with Gasteiger partial charge >= 0.3 is 0 Å². The molecule has 1 atom stereocenters. The highest BCUT2D eigenvalue weighted by molar-refractivity contribution is 5.55. The molecule has 16 heavy (non-hydrogen) atoms. The average molecular weight is 219 g/mol. The molecule has 1 aromatic rings. The van der Waals surface area contributed by atoms with Crippen molar-refractivity contribution >= 4 is 5.69 Å². The number of anilines is 1. The summed E-state index contributed by atoms with van der Waals surface area (Å²) in [6.07, 6.45) is 3.36. The molecule has 88 valence electrons. The molecule has 1 aromatic carbocycles. The van der Waals surface area contributed by atoms with Gasteiger partial charge in [-0.15, -0.1) is 0 Å². The summed E-state index contributed by atoms with van der Waals surface area (Å²) >= 11 is 0. The van der Waals surface area contributed by atoms with Crippen molar-refractivity contribution in [1.29, 1.82) is 0 Å². The smallest absolute Gasteiger partial charge is 0.0434 e. The Labute approximate surface area is 97.9 Å². The molecule has 2 heteroatoms. The summed E-state index contributed by atoms with van der Waals surface area (Å²) in [7, 11) is 0. The summed E-state index contributed by atoms with van der Waals surface area (Å²) in [5.74, 6) is 0.566. The number of hydrogen-bond donors (Lipinski definition) is 1. The molecule has 1 aliphatic heterocycles. The third-order valence-corrected chi connectivity index (χ3v) is 3.36. The van der Waals surface area contributed by atoms with Gasteiger partial charge in [0.05, 0.1) is 0 Å². The molecule has 0 bridgehead atoms. The van der Waals surface area contributed by atoms with E-state index in [-0.39, 0.29) is 0 Å². The summed E-state index contributed by atoms with van der Waals surface area (Å²) in [6, 6.07) is 8.70. The second-order valence-corrected chi connectivity index (χ2v) is 4.80. The number of hydrogen-bond acceptors (Lipinski definition) is 2. The molecule has 0 saturated heterocycles. The van der Waals surface area contributed by atoms with Crippen LogP contribution < -0.4 is 4.90 Å². The van der Waals surface area contributed by atoms with Crippen LogP contribution in [0.3, 0.4) is 0 Å². The molecule has 1 heterocycles. The SMILES string of the molecule is CC(CCO)CN1CCCc2ccccc21. The Bertz CT molecular complexity index is 337. The van der Waals surface area contributed by atoms with Crippen LogP contribution in [0.25, 0.3) is 0 Å². The molecule has 2 nitrogen and oxygen atoms in total. The lowest BCUT2D eigenvalue weighted by Crippen LogP contribution is -2.33. The van der Waals surface area contributed by atoms with Crippen LogP contribution in [0.2, 0.25) is 0 Å². The molecular weight excluding hydrogens is 198 g/mol. The molecule has 0 aliphatic carbocycles. The van der Waals surface area contributed by atoms with Crippen LogP contribution in [-0.2, 0) is 6.42 Å². The van der Waals surface area contributed by atoms with Gasteiger partial charge in [0, 0.05) is 25.4 Å². The third-order valence-electron chi connectivity index (χ3n) is 3.36. The molecule has 1 unspecified atom stereocenters. The molecule has 0 amide bonds. The lowest BCUT2D eigenvalue weighted by Gasteiger charge is -2.33. The zero-order valence-corrected chi connectivity index (χ0v) is 10.0. The second-order valence-electron chi connectivity index (χ2n) is 4.80. The number of rotatable bonds is 4. The Morgan fingerprint density at radius 3 is 3.00 bits per heavy atom. The van der Waals surface area contributed by atoms with Gasteiger partial charge in [-0.3, -0.25) is 0 Å². The predicted molar refractivity (Wildman–Crippen MR) is 67.8 cm³/mol. The van der Waals surface area contributed by atoms with Crippen molar-refractivity contribution in [3.8, 4) is 0 Å². The van der Waals surface area contributed by atoms with E-state index >= 15 is 0 Å². The summed E-state index contributed by atoms with van der Waals surface area (Å²) in [5, 5.41) is 8.94. The quantitative estimate of drug-likeness (QED) is 0.841. The van der Waals surface area contributed by atoms with E-state index in [1.54, 1.807) is 0 Å². The first-order valence-electron chi connectivity index (χ1n) is 6.25. The van der Waals surface area contributed by atoms with E-state index in [9.17, 15) is 0 Å². The minimum Gasteiger partial charge on any atom is -0.396 e. The van der Waals surface area contributed by atoms with Gasteiger partial charge in [0.25, 0.3) is 0 Å². The minimum atomic E-state index is 0.302. The standard InChI is InChI=1S/C14H21NO/c1-12(8-10-16)11-15-9-4-6-13-5-2-3-7-14(13)15/h2-3,5,7,12,16H,4,6,8-11H2,1H3. The first-order valence-corrected chi connectivity index (χ1v) is 6.25. The van der Waals surface area contributed by atoms with Gasteiger partial charge < -0.3 is 10.0 Å². The number of nitrogens with zero attached hydrogens (tertiary/aromatic N) is 1. The molecule has 0 spiro atoms. The van der Waals surface area contributed by atoms with E-state index in [1.807, 2.05) is 0 Å². The average Bonchev–Trinajstić information content (AvgIpc) is 2.30. The fourth-order valence-electron chi connectivity index (χ4n) is 2.49. The second kappa shape index (κ2) is 5.35. The topological polar surface area (TPSA) is 23.5 Å². The molecule has 1 N–H and O–H groups in total. The minimum absolute atomic E-state index is 0.302. The van der Waals surface area contributed by atoms with Gasteiger partial charge in [0.2, 0.25) is 0 Å². The normalized spacial score (nSPS) is 17.0. The number of para-hydroxylation sites is 1. The maximum Gasteiger partial charge on any atom is 0.0434 e. The summed E-state index contributed by atoms with van der Waals surface area (Å²) in [6.45, 7) is 4.74. The fourth-order valence-corrected chi connectivity index (χ4v) is 2.49. The van der Waals surface area contributed by atoms with Gasteiger partial charge in [-0.1, -0.05) is 25.1 Å². The van der Waals surface area contributed by atoms with Gasteiger partial charge in [0.1, 0.15) is 0 Å². The van der Waals surface area contributed by atoms with Crippen LogP contribution in [0.5, 0.6) is 0 Å². The van der Waals surface area contributed by atoms with Crippen LogP contribution in [0.1, 0.15) is 25.3 Å². The van der Waals surface area contributed by atoms with Crippen LogP contribution in [-0.4, -0.2) is 24.8 Å². The van der Waals surface area contributed by atoms with E-state index in [4.69, 9.17) is 5.11 Å². The number of aliphatic hydroxyl groups is 1. The Hall–Kier alpha value is -1.02. The highest BCUT2D eigenvalue weighted by atomic mass is 16.3. The van der Waals surface area contributed by atoms with Gasteiger partial charge in [-0.25, -0.2) is 0 Å². The largest absolute Gasteiger partial charge is 0.396 e. The first kappa shape index (κ1) is 11.5. The highest BCUT2D eigenvalue weighted by Crippen LogP contribution is 2.27. The molecular formula is C14H21NO. The first-order chi connectivity index (χ1) is 7.81. The predicted octanol–water partition coefficient (Wildman–Crippen LogP) is 2.46. The zero-order chi connectivity index (χ0) is 11.4. The fraction of sp³-hybridized carbons (Fsp3) is 0.571. The summed E-state index contributed by atoms with van der Waals surface area (Å²) < 4.78 is 0. The van der Waals surface area contributed by atoms with Gasteiger partial charge in [0.15, 0.2) is 0 Å². The molecule has 0 fully saturated rings. The van der Waals surface area contributed by atoms with Crippen molar-refractivity contribution in [2.24, 2.45) is 5.92 Å². The number of benzene rings is 1. The lowest BCUT2D eigenvalue weighted by atomic mass is 9.99. The van der Waals surface area contributed by atoms with Crippen molar-refractivity contribution in [3.05, 3.63) is 29.8 Å². The van der Waals surface area contributed by atoms with E-state index in [1.165, 1.54) is 24.1 Å². The molecule has 0 aromatic heterocycles. The Morgan fingerprint density at radius 2 is 2.19 bits per heavy atom. The number of aliphatic hydroxyl groups excluding tert-OH is 1. The Balaban J connectivity index is 2.07. The number of fused-ring (bicyclic) bond motifs is 1. The summed E-state index contributed by atoms with van der Waals surface area (Å²) in [5.41, 5.74) is 2.88. The molecule has 0 saturated carbocycles. The van der Waals surface area contributed by atoms with Crippen LogP contribution in [0.15, 0.2) is 24.3 Å². The third kappa shape index (κ3) is 2.56. The maximum atomic E-state index is 8.94. The van der Waals surface area contributed by atoms with E-state index in [2.05, 4.69) is 36.1 Å². The van der Waals surface area contributed by atoms with Crippen LogP contribution >= 0.6 is 0 Å². The van der Waals surface area contributed by atoms with Crippen molar-refractivity contribution in [2.45, 2.75) is 26.2 Å². The van der Waals surface area contributed by atoms with E-state index < -0.39 is 0 Å². The van der Waals surface area contributed by atoms with Crippen LogP contribution in [0, 0.1) is 5.92 Å². The van der Waals surface area contributed by atoms with E-state index in [0.717, 1.165) is 19.5 Å². The lowest BCUT2D eigenvalue weighted by molar-refractivity contribution is 0.263. The van der Waals surface area contributed by atoms with Crippen LogP contribution in [0.4, 0.5) is 5.69 Å². The Morgan fingerprint density at radius 1 is 1.38 bits per heavy atom. The van der Waals surface area contributed by atoms with Gasteiger partial charge in [-0.2, -0.15) is 0 Å². The summed E-state index contributed by atoms with van der Waals surface area (Å²) in [4.78, 5) is 2.47.